The van der Waals surface area contributed by atoms with E-state index in [-0.39, 0.29) is 5.82 Å². The number of hydrogen-bond acceptors (Lipinski definition) is 1. The van der Waals surface area contributed by atoms with Crippen LogP contribution in [0, 0.1) is 11.7 Å². The Hall–Kier alpha value is -1.38. The molecule has 1 fully saturated rings. The van der Waals surface area contributed by atoms with Crippen LogP contribution in [0.5, 0.6) is 0 Å². The van der Waals surface area contributed by atoms with Gasteiger partial charge >= 0.3 is 0 Å². The van der Waals surface area contributed by atoms with Crippen LogP contribution in [-0.4, -0.2) is 9.97 Å². The number of nitrogens with zero attached hydrogens (tertiary/aromatic N) is 1. The zero-order valence-corrected chi connectivity index (χ0v) is 7.92. The predicted molar refractivity (Wildman–Crippen MR) is 52.6 cm³/mol. The lowest BCUT2D eigenvalue weighted by molar-refractivity contribution is 0.629. The van der Waals surface area contributed by atoms with Gasteiger partial charge in [0, 0.05) is 5.92 Å². The highest BCUT2D eigenvalue weighted by Crippen LogP contribution is 2.45. The van der Waals surface area contributed by atoms with E-state index in [0.717, 1.165) is 22.8 Å². The maximum Gasteiger partial charge on any atom is 0.125 e. The van der Waals surface area contributed by atoms with Crippen LogP contribution in [0.15, 0.2) is 18.2 Å². The van der Waals surface area contributed by atoms with Gasteiger partial charge in [-0.2, -0.15) is 0 Å². The number of halogens is 1. The minimum Gasteiger partial charge on any atom is -0.342 e. The first kappa shape index (κ1) is 7.97. The van der Waals surface area contributed by atoms with Crippen LogP contribution < -0.4 is 0 Å². The van der Waals surface area contributed by atoms with Crippen molar-refractivity contribution in [2.45, 2.75) is 19.3 Å². The Bertz CT molecular complexity index is 489. The van der Waals surface area contributed by atoms with E-state index in [4.69, 9.17) is 0 Å². The molecule has 2 aromatic rings. The Kier molecular flexibility index (Phi) is 1.46. The van der Waals surface area contributed by atoms with Gasteiger partial charge in [0.05, 0.1) is 11.0 Å². The summed E-state index contributed by atoms with van der Waals surface area (Å²) in [5, 5.41) is 0. The molecule has 2 unspecified atom stereocenters. The molecule has 2 atom stereocenters. The largest absolute Gasteiger partial charge is 0.342 e. The summed E-state index contributed by atoms with van der Waals surface area (Å²) in [7, 11) is 0. The number of nitrogens with one attached hydrogen (secondary N) is 1. The van der Waals surface area contributed by atoms with Gasteiger partial charge in [-0.1, -0.05) is 6.92 Å². The number of aromatic amines is 1. The number of imidazole rings is 1. The molecule has 1 aromatic heterocycles. The molecule has 3 heteroatoms. The van der Waals surface area contributed by atoms with Crippen LogP contribution in [0.1, 0.15) is 25.1 Å². The Labute approximate surface area is 81.2 Å². The summed E-state index contributed by atoms with van der Waals surface area (Å²) in [5.41, 5.74) is 1.67. The molecule has 1 heterocycles. The zero-order chi connectivity index (χ0) is 9.71. The van der Waals surface area contributed by atoms with Gasteiger partial charge in [-0.15, -0.1) is 0 Å². The van der Waals surface area contributed by atoms with E-state index in [2.05, 4.69) is 16.9 Å². The van der Waals surface area contributed by atoms with Gasteiger partial charge in [-0.25, -0.2) is 9.37 Å². The van der Waals surface area contributed by atoms with Crippen molar-refractivity contribution in [1.82, 2.24) is 9.97 Å². The second-order valence-corrected chi connectivity index (χ2v) is 4.10. The molecule has 1 N–H and O–H groups in total. The first-order valence-corrected chi connectivity index (χ1v) is 4.89. The van der Waals surface area contributed by atoms with Gasteiger partial charge in [0.15, 0.2) is 0 Å². The van der Waals surface area contributed by atoms with Crippen molar-refractivity contribution in [1.29, 1.82) is 0 Å². The molecule has 0 amide bonds. The summed E-state index contributed by atoms with van der Waals surface area (Å²) in [6.45, 7) is 2.21. The van der Waals surface area contributed by atoms with E-state index in [1.807, 2.05) is 0 Å². The number of aromatic nitrogens is 2. The van der Waals surface area contributed by atoms with Gasteiger partial charge in [0.25, 0.3) is 0 Å². The van der Waals surface area contributed by atoms with E-state index in [0.29, 0.717) is 5.92 Å². The van der Waals surface area contributed by atoms with Crippen LogP contribution in [0.3, 0.4) is 0 Å². The first-order valence-electron chi connectivity index (χ1n) is 4.89. The number of hydrogen-bond donors (Lipinski definition) is 1. The van der Waals surface area contributed by atoms with Crippen LogP contribution in [-0.2, 0) is 0 Å². The highest BCUT2D eigenvalue weighted by Gasteiger charge is 2.36. The molecular formula is C11H11FN2. The first-order chi connectivity index (χ1) is 6.74. The standard InChI is InChI=1S/C11H11FN2/c1-6-4-8(6)11-13-9-3-2-7(12)5-10(9)14-11/h2-3,5-6,8H,4H2,1H3,(H,13,14). The average Bonchev–Trinajstić information content (AvgIpc) is 2.75. The predicted octanol–water partition coefficient (Wildman–Crippen LogP) is 2.83. The summed E-state index contributed by atoms with van der Waals surface area (Å²) >= 11 is 0. The second kappa shape index (κ2) is 2.56. The summed E-state index contributed by atoms with van der Waals surface area (Å²) < 4.78 is 12.9. The molecule has 0 aliphatic heterocycles. The van der Waals surface area contributed by atoms with Gasteiger partial charge < -0.3 is 4.98 Å². The van der Waals surface area contributed by atoms with Gasteiger partial charge in [0.2, 0.25) is 0 Å². The Balaban J connectivity index is 2.11. The minimum absolute atomic E-state index is 0.212. The fourth-order valence-corrected chi connectivity index (χ4v) is 1.88. The SMILES string of the molecule is CC1CC1c1nc2ccc(F)cc2[nH]1. The quantitative estimate of drug-likeness (QED) is 0.736. The molecule has 0 saturated heterocycles. The van der Waals surface area contributed by atoms with Crippen molar-refractivity contribution < 1.29 is 4.39 Å². The summed E-state index contributed by atoms with van der Waals surface area (Å²) in [6.07, 6.45) is 1.20. The molecule has 14 heavy (non-hydrogen) atoms. The fourth-order valence-electron chi connectivity index (χ4n) is 1.88. The van der Waals surface area contributed by atoms with Crippen molar-refractivity contribution in [2.24, 2.45) is 5.92 Å². The lowest BCUT2D eigenvalue weighted by Gasteiger charge is -1.87. The molecule has 0 bridgehead atoms. The average molecular weight is 190 g/mol. The molecule has 2 nitrogen and oxygen atoms in total. The summed E-state index contributed by atoms with van der Waals surface area (Å²) in [4.78, 5) is 7.62. The Morgan fingerprint density at radius 1 is 1.50 bits per heavy atom. The molecule has 1 aliphatic rings. The maximum absolute atomic E-state index is 12.9. The number of benzene rings is 1. The fraction of sp³-hybridized carbons (Fsp3) is 0.364. The normalized spacial score (nSPS) is 25.6. The number of fused-ring (bicyclic) bond motifs is 1. The Morgan fingerprint density at radius 3 is 3.00 bits per heavy atom. The highest BCUT2D eigenvalue weighted by molar-refractivity contribution is 5.75. The highest BCUT2D eigenvalue weighted by atomic mass is 19.1. The van der Waals surface area contributed by atoms with Crippen LogP contribution in [0.25, 0.3) is 11.0 Å². The molecule has 1 saturated carbocycles. The van der Waals surface area contributed by atoms with Crippen LogP contribution in [0.4, 0.5) is 4.39 Å². The molecule has 72 valence electrons. The number of rotatable bonds is 1. The Morgan fingerprint density at radius 2 is 2.29 bits per heavy atom. The number of H-pyrrole nitrogens is 1. The van der Waals surface area contributed by atoms with Crippen molar-refractivity contribution in [3.8, 4) is 0 Å². The molecule has 1 aromatic carbocycles. The van der Waals surface area contributed by atoms with Crippen molar-refractivity contribution in [3.05, 3.63) is 29.8 Å². The van der Waals surface area contributed by atoms with E-state index in [1.54, 1.807) is 6.07 Å². The summed E-state index contributed by atoms with van der Waals surface area (Å²) in [5.74, 6) is 2.08. The lowest BCUT2D eigenvalue weighted by Crippen LogP contribution is -1.82. The van der Waals surface area contributed by atoms with Crippen LogP contribution >= 0.6 is 0 Å². The molecule has 3 rings (SSSR count). The van der Waals surface area contributed by atoms with E-state index in [9.17, 15) is 4.39 Å². The second-order valence-electron chi connectivity index (χ2n) is 4.10. The third kappa shape index (κ3) is 1.12. The third-order valence-corrected chi connectivity index (χ3v) is 2.92. The van der Waals surface area contributed by atoms with Crippen molar-refractivity contribution in [2.75, 3.05) is 0 Å². The minimum atomic E-state index is -0.212. The molecule has 1 aliphatic carbocycles. The van der Waals surface area contributed by atoms with Gasteiger partial charge in [0.1, 0.15) is 11.6 Å². The molecule has 0 spiro atoms. The van der Waals surface area contributed by atoms with E-state index in [1.165, 1.54) is 18.6 Å². The molecular weight excluding hydrogens is 179 g/mol. The maximum atomic E-state index is 12.9. The van der Waals surface area contributed by atoms with Crippen molar-refractivity contribution >= 4 is 11.0 Å². The van der Waals surface area contributed by atoms with E-state index < -0.39 is 0 Å². The zero-order valence-electron chi connectivity index (χ0n) is 7.92. The lowest BCUT2D eigenvalue weighted by atomic mass is 10.3. The molecule has 0 radical (unpaired) electrons. The van der Waals surface area contributed by atoms with Gasteiger partial charge in [-0.3, -0.25) is 0 Å². The smallest absolute Gasteiger partial charge is 0.125 e. The van der Waals surface area contributed by atoms with Gasteiger partial charge in [-0.05, 0) is 30.5 Å². The van der Waals surface area contributed by atoms with E-state index >= 15 is 0 Å². The summed E-state index contributed by atoms with van der Waals surface area (Å²) in [6, 6.07) is 4.67. The van der Waals surface area contributed by atoms with Crippen molar-refractivity contribution in [3.63, 3.8) is 0 Å². The third-order valence-electron chi connectivity index (χ3n) is 2.92. The van der Waals surface area contributed by atoms with Crippen LogP contribution in [0.2, 0.25) is 0 Å². The topological polar surface area (TPSA) is 28.7 Å². The monoisotopic (exact) mass is 190 g/mol.